The first-order valence-corrected chi connectivity index (χ1v) is 15.0. The fourth-order valence-electron chi connectivity index (χ4n) is 5.63. The van der Waals surface area contributed by atoms with E-state index in [0.717, 1.165) is 57.1 Å². The van der Waals surface area contributed by atoms with Crippen molar-refractivity contribution in [3.05, 3.63) is 30.1 Å². The number of hydrogen-bond donors (Lipinski definition) is 1. The topological polar surface area (TPSA) is 46.9 Å². The lowest BCUT2D eigenvalue weighted by Crippen LogP contribution is -2.32. The fourth-order valence-corrected chi connectivity index (χ4v) is 5.63. The molecule has 2 aromatic rings. The zero-order valence-corrected chi connectivity index (χ0v) is 22.5. The van der Waals surface area contributed by atoms with E-state index in [2.05, 4.69) is 41.1 Å². The van der Waals surface area contributed by atoms with Crippen LogP contribution in [0.1, 0.15) is 128 Å². The van der Waals surface area contributed by atoms with Gasteiger partial charge in [-0.05, 0) is 44.2 Å². The van der Waals surface area contributed by atoms with Crippen LogP contribution in [0, 0.1) is 5.92 Å². The molecule has 1 aliphatic carbocycles. The minimum atomic E-state index is 0.273. The van der Waals surface area contributed by atoms with Crippen LogP contribution in [0.3, 0.4) is 0 Å². The third kappa shape index (κ3) is 9.97. The second kappa shape index (κ2) is 16.8. The largest absolute Gasteiger partial charge is 0.356 e. The molecule has 1 heterocycles. The molecule has 0 atom stereocenters. The number of aromatic nitrogens is 2. The predicted octanol–water partition coefficient (Wildman–Crippen LogP) is 8.37. The van der Waals surface area contributed by atoms with Crippen LogP contribution >= 0.6 is 0 Å². The van der Waals surface area contributed by atoms with E-state index in [4.69, 9.17) is 4.98 Å². The first kappa shape index (κ1) is 27.7. The SMILES string of the molecule is CCCCCCCCCCCCn1c(CCCCCNC(=O)C2CCCCC2)nc2ccccc21. The quantitative estimate of drug-likeness (QED) is 0.217. The predicted molar refractivity (Wildman–Crippen MR) is 149 cm³/mol. The highest BCUT2D eigenvalue weighted by atomic mass is 16.1. The smallest absolute Gasteiger partial charge is 0.223 e. The van der Waals surface area contributed by atoms with Crippen molar-refractivity contribution in [1.82, 2.24) is 14.9 Å². The number of rotatable bonds is 18. The molecule has 0 unspecified atom stereocenters. The highest BCUT2D eigenvalue weighted by Gasteiger charge is 2.20. The van der Waals surface area contributed by atoms with Gasteiger partial charge in [-0.2, -0.15) is 0 Å². The average molecular weight is 482 g/mol. The minimum absolute atomic E-state index is 0.273. The summed E-state index contributed by atoms with van der Waals surface area (Å²) in [5.74, 6) is 1.81. The lowest BCUT2D eigenvalue weighted by atomic mass is 9.89. The zero-order valence-electron chi connectivity index (χ0n) is 22.5. The van der Waals surface area contributed by atoms with Crippen LogP contribution < -0.4 is 5.32 Å². The maximum absolute atomic E-state index is 12.3. The summed E-state index contributed by atoms with van der Waals surface area (Å²) in [5, 5.41) is 3.19. The summed E-state index contributed by atoms with van der Waals surface area (Å²) in [4.78, 5) is 17.3. The molecule has 1 saturated carbocycles. The zero-order chi connectivity index (χ0) is 24.6. The number of carbonyl (C=O) groups excluding carboxylic acids is 1. The second-order valence-corrected chi connectivity index (χ2v) is 10.8. The summed E-state index contributed by atoms with van der Waals surface area (Å²) < 4.78 is 2.48. The van der Waals surface area contributed by atoms with Crippen molar-refractivity contribution in [1.29, 1.82) is 0 Å². The third-order valence-corrected chi connectivity index (χ3v) is 7.82. The van der Waals surface area contributed by atoms with E-state index in [1.54, 1.807) is 0 Å². The molecular weight excluding hydrogens is 430 g/mol. The lowest BCUT2D eigenvalue weighted by Gasteiger charge is -2.20. The van der Waals surface area contributed by atoms with Crippen molar-refractivity contribution >= 4 is 16.9 Å². The van der Waals surface area contributed by atoms with Gasteiger partial charge in [-0.3, -0.25) is 4.79 Å². The number of imidazole rings is 1. The van der Waals surface area contributed by atoms with Gasteiger partial charge in [0, 0.05) is 25.4 Å². The Balaban J connectivity index is 1.33. The Kier molecular flexibility index (Phi) is 13.3. The molecule has 4 nitrogen and oxygen atoms in total. The molecule has 0 spiro atoms. The van der Waals surface area contributed by atoms with Gasteiger partial charge in [-0.25, -0.2) is 4.98 Å². The molecule has 1 aromatic carbocycles. The standard InChI is InChI=1S/C31H51N3O/c1-2-3-4-5-6-7-8-9-10-19-26-34-29-23-17-16-22-28(29)33-30(34)24-15-12-18-25-32-31(35)27-20-13-11-14-21-27/h16-17,22-23,27H,2-15,18-21,24-26H2,1H3,(H,32,35). The van der Waals surface area contributed by atoms with Crippen LogP contribution in [-0.2, 0) is 17.8 Å². The van der Waals surface area contributed by atoms with Crippen molar-refractivity contribution < 1.29 is 4.79 Å². The number of unbranched alkanes of at least 4 members (excludes halogenated alkanes) is 11. The van der Waals surface area contributed by atoms with Crippen LogP contribution in [-0.4, -0.2) is 22.0 Å². The van der Waals surface area contributed by atoms with Crippen molar-refractivity contribution in [2.24, 2.45) is 5.92 Å². The number of carbonyl (C=O) groups is 1. The van der Waals surface area contributed by atoms with Gasteiger partial charge in [0.15, 0.2) is 0 Å². The molecule has 4 heteroatoms. The second-order valence-electron chi connectivity index (χ2n) is 10.8. The van der Waals surface area contributed by atoms with Gasteiger partial charge >= 0.3 is 0 Å². The van der Waals surface area contributed by atoms with Gasteiger partial charge in [0.05, 0.1) is 11.0 Å². The minimum Gasteiger partial charge on any atom is -0.356 e. The van der Waals surface area contributed by atoms with Gasteiger partial charge in [0.25, 0.3) is 0 Å². The van der Waals surface area contributed by atoms with Crippen molar-refractivity contribution in [3.8, 4) is 0 Å². The molecule has 3 rings (SSSR count). The van der Waals surface area contributed by atoms with Crippen molar-refractivity contribution in [2.75, 3.05) is 6.54 Å². The number of benzene rings is 1. The van der Waals surface area contributed by atoms with E-state index in [1.165, 1.54) is 94.8 Å². The number of hydrogen-bond acceptors (Lipinski definition) is 2. The van der Waals surface area contributed by atoms with Crippen LogP contribution in [0.2, 0.25) is 0 Å². The molecular formula is C31H51N3O. The number of amides is 1. The highest BCUT2D eigenvalue weighted by molar-refractivity contribution is 5.78. The van der Waals surface area contributed by atoms with Gasteiger partial charge in [0.1, 0.15) is 5.82 Å². The molecule has 0 aliphatic heterocycles. The Bertz CT molecular complexity index is 837. The molecule has 1 aliphatic rings. The Morgan fingerprint density at radius 3 is 2.26 bits per heavy atom. The number of nitrogens with zero attached hydrogens (tertiary/aromatic N) is 2. The van der Waals surface area contributed by atoms with Crippen LogP contribution in [0.25, 0.3) is 11.0 Å². The van der Waals surface area contributed by atoms with Crippen molar-refractivity contribution in [2.45, 2.75) is 135 Å². The molecule has 0 bridgehead atoms. The number of nitrogens with one attached hydrogen (secondary N) is 1. The Hall–Kier alpha value is -1.84. The van der Waals surface area contributed by atoms with Crippen LogP contribution in [0.4, 0.5) is 0 Å². The summed E-state index contributed by atoms with van der Waals surface area (Å²) >= 11 is 0. The fraction of sp³-hybridized carbons (Fsp3) is 0.742. The van der Waals surface area contributed by atoms with Gasteiger partial charge in [-0.15, -0.1) is 0 Å². The molecule has 1 N–H and O–H groups in total. The normalized spacial score (nSPS) is 14.5. The lowest BCUT2D eigenvalue weighted by molar-refractivity contribution is -0.125. The molecule has 35 heavy (non-hydrogen) atoms. The van der Waals surface area contributed by atoms with E-state index < -0.39 is 0 Å². The molecule has 1 amide bonds. The summed E-state index contributed by atoms with van der Waals surface area (Å²) in [5.41, 5.74) is 2.42. The van der Waals surface area contributed by atoms with Gasteiger partial charge < -0.3 is 9.88 Å². The van der Waals surface area contributed by atoms with E-state index in [1.807, 2.05) is 0 Å². The summed E-state index contributed by atoms with van der Waals surface area (Å²) in [6.45, 7) is 4.20. The maximum atomic E-state index is 12.3. The monoisotopic (exact) mass is 481 g/mol. The molecule has 1 fully saturated rings. The average Bonchev–Trinajstić information content (AvgIpc) is 3.24. The number of para-hydroxylation sites is 2. The van der Waals surface area contributed by atoms with Crippen LogP contribution in [0.15, 0.2) is 24.3 Å². The van der Waals surface area contributed by atoms with E-state index in [-0.39, 0.29) is 5.92 Å². The highest BCUT2D eigenvalue weighted by Crippen LogP contribution is 2.23. The number of fused-ring (bicyclic) bond motifs is 1. The van der Waals surface area contributed by atoms with Gasteiger partial charge in [-0.1, -0.05) is 103 Å². The first-order chi connectivity index (χ1) is 17.3. The number of aryl methyl sites for hydroxylation is 2. The Morgan fingerprint density at radius 1 is 0.857 bits per heavy atom. The summed E-state index contributed by atoms with van der Waals surface area (Å²) in [6, 6.07) is 8.61. The third-order valence-electron chi connectivity index (χ3n) is 7.82. The molecule has 196 valence electrons. The first-order valence-electron chi connectivity index (χ1n) is 15.0. The molecule has 0 saturated heterocycles. The maximum Gasteiger partial charge on any atom is 0.223 e. The van der Waals surface area contributed by atoms with Crippen LogP contribution in [0.5, 0.6) is 0 Å². The molecule has 1 aromatic heterocycles. The summed E-state index contributed by atoms with van der Waals surface area (Å²) in [7, 11) is 0. The summed E-state index contributed by atoms with van der Waals surface area (Å²) in [6.07, 6.45) is 24.0. The Labute approximate surface area is 214 Å². The van der Waals surface area contributed by atoms with Crippen molar-refractivity contribution in [3.63, 3.8) is 0 Å². The molecule has 0 radical (unpaired) electrons. The van der Waals surface area contributed by atoms with Gasteiger partial charge in [0.2, 0.25) is 5.91 Å². The van der Waals surface area contributed by atoms with E-state index in [0.29, 0.717) is 5.91 Å². The Morgan fingerprint density at radius 2 is 1.51 bits per heavy atom. The van der Waals surface area contributed by atoms with E-state index in [9.17, 15) is 4.79 Å². The van der Waals surface area contributed by atoms with E-state index >= 15 is 0 Å².